The van der Waals surface area contributed by atoms with Crippen molar-refractivity contribution in [3.05, 3.63) is 84.6 Å². The van der Waals surface area contributed by atoms with Crippen LogP contribution in [0.2, 0.25) is 0 Å². The van der Waals surface area contributed by atoms with E-state index < -0.39 is 17.2 Å². The number of halogens is 2. The van der Waals surface area contributed by atoms with Crippen LogP contribution in [0.15, 0.2) is 65.9 Å². The van der Waals surface area contributed by atoms with Gasteiger partial charge in [0.2, 0.25) is 0 Å². The van der Waals surface area contributed by atoms with E-state index in [0.717, 1.165) is 48.3 Å². The van der Waals surface area contributed by atoms with E-state index in [9.17, 15) is 8.78 Å². The minimum atomic E-state index is -0.922. The summed E-state index contributed by atoms with van der Waals surface area (Å²) in [5.41, 5.74) is 16.6. The molecule has 11 heteroatoms. The quantitative estimate of drug-likeness (QED) is 0.348. The summed E-state index contributed by atoms with van der Waals surface area (Å²) >= 11 is 0. The molecule has 1 fully saturated rings. The molecule has 0 spiro atoms. The Morgan fingerprint density at radius 3 is 2.74 bits per heavy atom. The van der Waals surface area contributed by atoms with Gasteiger partial charge in [-0.2, -0.15) is 0 Å². The van der Waals surface area contributed by atoms with Gasteiger partial charge in [-0.25, -0.2) is 23.7 Å². The third-order valence-corrected chi connectivity index (χ3v) is 7.02. The van der Waals surface area contributed by atoms with Crippen LogP contribution in [0, 0.1) is 11.6 Å². The van der Waals surface area contributed by atoms with Gasteiger partial charge in [0.05, 0.1) is 42.2 Å². The zero-order valence-electron chi connectivity index (χ0n) is 20.5. The van der Waals surface area contributed by atoms with Gasteiger partial charge in [0.1, 0.15) is 11.8 Å². The Labute approximate surface area is 217 Å². The number of nitrogens with two attached hydrogens (primary N) is 2. The number of hydrogen-bond acceptors (Lipinski definition) is 8. The van der Waals surface area contributed by atoms with Crippen molar-refractivity contribution in [3.63, 3.8) is 0 Å². The van der Waals surface area contributed by atoms with Gasteiger partial charge in [0, 0.05) is 36.8 Å². The average Bonchev–Trinajstić information content (AvgIpc) is 3.56. The fourth-order valence-corrected chi connectivity index (χ4v) is 5.19. The van der Waals surface area contributed by atoms with E-state index in [-0.39, 0.29) is 0 Å². The highest BCUT2D eigenvalue weighted by atomic mass is 19.2. The summed E-state index contributed by atoms with van der Waals surface area (Å²) in [6.45, 7) is 1.82. The largest absolute Gasteiger partial charge is 0.449 e. The normalized spacial score (nSPS) is 17.8. The van der Waals surface area contributed by atoms with Gasteiger partial charge in [0.25, 0.3) is 0 Å². The lowest BCUT2D eigenvalue weighted by Gasteiger charge is -2.41. The predicted molar refractivity (Wildman–Crippen MR) is 139 cm³/mol. The summed E-state index contributed by atoms with van der Waals surface area (Å²) < 4.78 is 35.1. The molecule has 0 bridgehead atoms. The Morgan fingerprint density at radius 2 is 1.92 bits per heavy atom. The number of nitrogen functional groups attached to an aromatic ring is 1. The minimum Gasteiger partial charge on any atom is -0.449 e. The van der Waals surface area contributed by atoms with Gasteiger partial charge in [-0.1, -0.05) is 0 Å². The second-order valence-corrected chi connectivity index (χ2v) is 9.75. The number of benzene rings is 1. The van der Waals surface area contributed by atoms with Crippen molar-refractivity contribution in [1.29, 1.82) is 0 Å². The van der Waals surface area contributed by atoms with E-state index in [1.165, 1.54) is 6.07 Å². The molecule has 0 radical (unpaired) electrons. The molecule has 4 aromatic heterocycles. The zero-order chi connectivity index (χ0) is 26.3. The van der Waals surface area contributed by atoms with Crippen molar-refractivity contribution in [3.8, 4) is 11.3 Å². The number of anilines is 2. The lowest BCUT2D eigenvalue weighted by atomic mass is 9.86. The third-order valence-electron chi connectivity index (χ3n) is 7.02. The summed E-state index contributed by atoms with van der Waals surface area (Å²) in [6, 6.07) is 7.54. The number of oxazole rings is 1. The van der Waals surface area contributed by atoms with Crippen LogP contribution in [0.5, 0.6) is 0 Å². The molecule has 1 aliphatic rings. The Bertz CT molecular complexity index is 1600. The number of nitrogens with zero attached hydrogens (tertiary/aromatic N) is 6. The van der Waals surface area contributed by atoms with Gasteiger partial charge in [0.15, 0.2) is 23.3 Å². The fraction of sp³-hybridized carbons (Fsp3) is 0.259. The first-order valence-corrected chi connectivity index (χ1v) is 12.3. The molecule has 1 aliphatic heterocycles. The van der Waals surface area contributed by atoms with E-state index in [0.29, 0.717) is 48.0 Å². The van der Waals surface area contributed by atoms with Crippen LogP contribution < -0.4 is 16.4 Å². The van der Waals surface area contributed by atoms with Crippen LogP contribution in [-0.4, -0.2) is 43.1 Å². The van der Waals surface area contributed by atoms with Crippen LogP contribution in [0.3, 0.4) is 0 Å². The first-order valence-electron chi connectivity index (χ1n) is 12.3. The molecule has 0 unspecified atom stereocenters. The molecule has 0 saturated carbocycles. The molecule has 5 aromatic rings. The number of aromatic nitrogens is 5. The lowest BCUT2D eigenvalue weighted by molar-refractivity contribution is 0.314. The summed E-state index contributed by atoms with van der Waals surface area (Å²) in [5.74, 6) is -0.860. The molecular weight excluding hydrogens is 490 g/mol. The molecule has 1 aromatic carbocycles. The van der Waals surface area contributed by atoms with Crippen molar-refractivity contribution in [2.75, 3.05) is 23.7 Å². The second-order valence-electron chi connectivity index (χ2n) is 9.75. The molecule has 38 heavy (non-hydrogen) atoms. The Kier molecular flexibility index (Phi) is 5.99. The van der Waals surface area contributed by atoms with E-state index in [1.807, 2.05) is 16.7 Å². The van der Waals surface area contributed by atoms with Gasteiger partial charge >= 0.3 is 0 Å². The van der Waals surface area contributed by atoms with Gasteiger partial charge < -0.3 is 25.4 Å². The molecule has 1 atom stereocenters. The maximum absolute atomic E-state index is 14.0. The number of fused-ring (bicyclic) bond motifs is 1. The molecule has 194 valence electrons. The Balaban J connectivity index is 1.39. The van der Waals surface area contributed by atoms with Gasteiger partial charge in [-0.05, 0) is 48.7 Å². The molecule has 0 aliphatic carbocycles. The summed E-state index contributed by atoms with van der Waals surface area (Å²) in [6.07, 6.45) is 10.6. The molecular formula is C27H26F2N8O. The molecule has 6 rings (SSSR count). The first kappa shape index (κ1) is 24.0. The number of rotatable bonds is 6. The number of imidazole rings is 1. The van der Waals surface area contributed by atoms with E-state index >= 15 is 0 Å². The monoisotopic (exact) mass is 516 g/mol. The van der Waals surface area contributed by atoms with Crippen LogP contribution in [0.4, 0.5) is 20.3 Å². The minimum absolute atomic E-state index is 0.356. The van der Waals surface area contributed by atoms with Crippen molar-refractivity contribution >= 4 is 22.5 Å². The van der Waals surface area contributed by atoms with Crippen LogP contribution in [0.25, 0.3) is 22.3 Å². The molecule has 1 saturated heterocycles. The standard InChI is InChI=1S/C27H26F2N8O/c28-19-3-2-17(10-20(19)29)21-11-18(14-37-16-35-25-22(37)4-6-33-26(25)30)23(13-34-21)36-8-1-5-27(31,15-36)12-24-32-7-9-38-24/h2-4,6-7,9-11,13,16H,1,5,8,12,14-15,31H2,(H2,30,33)/t27-/m0/s1. The van der Waals surface area contributed by atoms with Crippen LogP contribution >= 0.6 is 0 Å². The summed E-state index contributed by atoms with van der Waals surface area (Å²) in [5, 5.41) is 0. The van der Waals surface area contributed by atoms with Crippen LogP contribution in [-0.2, 0) is 13.0 Å². The first-order chi connectivity index (χ1) is 18.4. The Hall–Kier alpha value is -4.38. The van der Waals surface area contributed by atoms with Crippen molar-refractivity contribution < 1.29 is 13.2 Å². The topological polar surface area (TPSA) is 125 Å². The van der Waals surface area contributed by atoms with Crippen molar-refractivity contribution in [1.82, 2.24) is 24.5 Å². The molecule has 0 amide bonds. The highest BCUT2D eigenvalue weighted by molar-refractivity contribution is 5.84. The average molecular weight is 517 g/mol. The van der Waals surface area contributed by atoms with Crippen LogP contribution in [0.1, 0.15) is 24.3 Å². The summed E-state index contributed by atoms with van der Waals surface area (Å²) in [4.78, 5) is 19.7. The number of hydrogen-bond donors (Lipinski definition) is 2. The maximum atomic E-state index is 14.0. The van der Waals surface area contributed by atoms with E-state index in [4.69, 9.17) is 15.9 Å². The van der Waals surface area contributed by atoms with E-state index in [2.05, 4.69) is 24.8 Å². The molecule has 9 nitrogen and oxygen atoms in total. The molecule has 5 heterocycles. The fourth-order valence-electron chi connectivity index (χ4n) is 5.19. The SMILES string of the molecule is Nc1nccc2c1ncn2Cc1cc(-c2ccc(F)c(F)c2)ncc1N1CCC[C@](N)(Cc2ncco2)C1. The van der Waals surface area contributed by atoms with Crippen molar-refractivity contribution in [2.24, 2.45) is 5.73 Å². The second kappa shape index (κ2) is 9.49. The highest BCUT2D eigenvalue weighted by Gasteiger charge is 2.34. The third kappa shape index (κ3) is 4.56. The molecule has 4 N–H and O–H groups in total. The predicted octanol–water partition coefficient (Wildman–Crippen LogP) is 3.93. The van der Waals surface area contributed by atoms with Gasteiger partial charge in [-0.15, -0.1) is 0 Å². The zero-order valence-corrected chi connectivity index (χ0v) is 20.5. The number of pyridine rings is 2. The Morgan fingerprint density at radius 1 is 1.03 bits per heavy atom. The summed E-state index contributed by atoms with van der Waals surface area (Å²) in [7, 11) is 0. The lowest BCUT2D eigenvalue weighted by Crippen LogP contribution is -2.56. The number of piperidine rings is 1. The maximum Gasteiger partial charge on any atom is 0.195 e. The van der Waals surface area contributed by atoms with Crippen molar-refractivity contribution in [2.45, 2.75) is 31.3 Å². The van der Waals surface area contributed by atoms with Gasteiger partial charge in [-0.3, -0.25) is 4.98 Å². The highest BCUT2D eigenvalue weighted by Crippen LogP contribution is 2.32. The smallest absolute Gasteiger partial charge is 0.195 e. The van der Waals surface area contributed by atoms with E-state index in [1.54, 1.807) is 31.2 Å².